The molecule has 24 heavy (non-hydrogen) atoms. The summed E-state index contributed by atoms with van der Waals surface area (Å²) in [6, 6.07) is 13.9. The summed E-state index contributed by atoms with van der Waals surface area (Å²) in [5.74, 6) is -0.776. The minimum Gasteiger partial charge on any atom is -0.454 e. The summed E-state index contributed by atoms with van der Waals surface area (Å²) in [6.07, 6.45) is 0.991. The fourth-order valence-corrected chi connectivity index (χ4v) is 2.98. The molecule has 5 nitrogen and oxygen atoms in total. The summed E-state index contributed by atoms with van der Waals surface area (Å²) in [6.45, 7) is 2.21. The fourth-order valence-electron chi connectivity index (χ4n) is 2.98. The van der Waals surface area contributed by atoms with Crippen LogP contribution in [0, 0.1) is 0 Å². The van der Waals surface area contributed by atoms with Crippen LogP contribution in [0.3, 0.4) is 0 Å². The zero-order valence-electron chi connectivity index (χ0n) is 13.7. The lowest BCUT2D eigenvalue weighted by Gasteiger charge is -2.17. The van der Waals surface area contributed by atoms with Gasteiger partial charge in [-0.3, -0.25) is 4.79 Å². The summed E-state index contributed by atoms with van der Waals surface area (Å²) in [5.41, 5.74) is 1.03. The Morgan fingerprint density at radius 3 is 2.83 bits per heavy atom. The minimum atomic E-state index is -0.520. The second-order valence-electron chi connectivity index (χ2n) is 5.97. The van der Waals surface area contributed by atoms with Crippen molar-refractivity contribution >= 4 is 22.6 Å². The van der Waals surface area contributed by atoms with Gasteiger partial charge in [-0.25, -0.2) is 4.79 Å². The Morgan fingerprint density at radius 1 is 1.25 bits per heavy atom. The van der Waals surface area contributed by atoms with E-state index in [1.165, 1.54) is 0 Å². The summed E-state index contributed by atoms with van der Waals surface area (Å²) in [5, 5.41) is 5.10. The van der Waals surface area contributed by atoms with Gasteiger partial charge in [0.1, 0.15) is 0 Å². The summed E-state index contributed by atoms with van der Waals surface area (Å²) in [4.78, 5) is 23.8. The summed E-state index contributed by atoms with van der Waals surface area (Å²) >= 11 is 0. The van der Waals surface area contributed by atoms with Crippen molar-refractivity contribution in [3.63, 3.8) is 0 Å². The molecule has 0 spiro atoms. The Bertz CT molecular complexity index is 732. The van der Waals surface area contributed by atoms with Gasteiger partial charge in [0.05, 0.1) is 6.04 Å². The van der Waals surface area contributed by atoms with E-state index >= 15 is 0 Å². The molecule has 1 saturated heterocycles. The monoisotopic (exact) mass is 327 g/mol. The van der Waals surface area contributed by atoms with E-state index in [0.29, 0.717) is 13.0 Å². The van der Waals surface area contributed by atoms with Gasteiger partial charge < -0.3 is 14.8 Å². The van der Waals surface area contributed by atoms with Crippen molar-refractivity contribution in [1.82, 2.24) is 5.32 Å². The van der Waals surface area contributed by atoms with Gasteiger partial charge in [-0.15, -0.1) is 0 Å². The Balaban J connectivity index is 1.58. The molecule has 0 aliphatic carbocycles. The van der Waals surface area contributed by atoms with Gasteiger partial charge in [0.15, 0.2) is 12.7 Å². The molecule has 1 aliphatic heterocycles. The number of rotatable bonds is 5. The molecule has 0 bridgehead atoms. The maximum atomic E-state index is 12.1. The number of hydrogen-bond acceptors (Lipinski definition) is 4. The van der Waals surface area contributed by atoms with Gasteiger partial charge in [0.25, 0.3) is 5.91 Å². The first-order chi connectivity index (χ1) is 11.6. The molecule has 1 heterocycles. The van der Waals surface area contributed by atoms with Crippen LogP contribution >= 0.6 is 0 Å². The average molecular weight is 327 g/mol. The van der Waals surface area contributed by atoms with E-state index in [2.05, 4.69) is 5.32 Å². The highest BCUT2D eigenvalue weighted by Crippen LogP contribution is 2.24. The number of ether oxygens (including phenoxy) is 2. The van der Waals surface area contributed by atoms with E-state index in [9.17, 15) is 9.59 Å². The summed E-state index contributed by atoms with van der Waals surface area (Å²) < 4.78 is 10.3. The molecule has 1 amide bonds. The number of carbonyl (C=O) groups is 2. The van der Waals surface area contributed by atoms with E-state index < -0.39 is 12.1 Å². The number of nitrogens with one attached hydrogen (secondary N) is 1. The molecular weight excluding hydrogens is 306 g/mol. The smallest absolute Gasteiger partial charge is 0.335 e. The second-order valence-corrected chi connectivity index (χ2v) is 5.97. The molecule has 3 rings (SSSR count). The van der Waals surface area contributed by atoms with Crippen molar-refractivity contribution < 1.29 is 19.1 Å². The molecule has 0 unspecified atom stereocenters. The number of esters is 1. The van der Waals surface area contributed by atoms with Crippen molar-refractivity contribution in [1.29, 1.82) is 0 Å². The van der Waals surface area contributed by atoms with E-state index in [1.54, 1.807) is 0 Å². The first-order valence-electron chi connectivity index (χ1n) is 8.20. The van der Waals surface area contributed by atoms with Crippen molar-refractivity contribution in [2.24, 2.45) is 0 Å². The molecular formula is C19H21NO4. The Kier molecular flexibility index (Phi) is 5.11. The van der Waals surface area contributed by atoms with Gasteiger partial charge in [-0.05, 0) is 36.1 Å². The zero-order valence-corrected chi connectivity index (χ0v) is 13.7. The number of hydrogen-bond donors (Lipinski definition) is 1. The van der Waals surface area contributed by atoms with Gasteiger partial charge in [0.2, 0.25) is 0 Å². The lowest BCUT2D eigenvalue weighted by Crippen LogP contribution is -2.33. The predicted octanol–water partition coefficient (Wildman–Crippen LogP) is 2.74. The normalized spacial score (nSPS) is 18.3. The standard InChI is InChI=1S/C19H21NO4/c1-13(15-9-4-7-14-6-2-3-8-16(14)15)20-18(21)12-24-19(22)17-10-5-11-23-17/h2-4,6-9,13,17H,5,10-12H2,1H3,(H,20,21)/t13-,17-/m1/s1. The SMILES string of the molecule is C[C@@H](NC(=O)COC(=O)[C@H]1CCCO1)c1cccc2ccccc12. The molecule has 1 N–H and O–H groups in total. The van der Waals surface area contributed by atoms with Crippen molar-refractivity contribution in [3.8, 4) is 0 Å². The molecule has 2 aromatic carbocycles. The number of benzene rings is 2. The van der Waals surface area contributed by atoms with Crippen molar-refractivity contribution in [2.45, 2.75) is 31.9 Å². The predicted molar refractivity (Wildman–Crippen MR) is 90.4 cm³/mol. The third-order valence-corrected chi connectivity index (χ3v) is 4.21. The zero-order chi connectivity index (χ0) is 16.9. The van der Waals surface area contributed by atoms with E-state index in [4.69, 9.17) is 9.47 Å². The van der Waals surface area contributed by atoms with Crippen LogP contribution < -0.4 is 5.32 Å². The molecule has 1 fully saturated rings. The lowest BCUT2D eigenvalue weighted by atomic mass is 10.00. The van der Waals surface area contributed by atoms with Crippen LogP contribution in [0.4, 0.5) is 0 Å². The minimum absolute atomic E-state index is 0.176. The maximum Gasteiger partial charge on any atom is 0.335 e. The largest absolute Gasteiger partial charge is 0.454 e. The number of carbonyl (C=O) groups excluding carboxylic acids is 2. The third kappa shape index (κ3) is 3.74. The van der Waals surface area contributed by atoms with Gasteiger partial charge in [-0.1, -0.05) is 42.5 Å². The van der Waals surface area contributed by atoms with Crippen LogP contribution in [0.15, 0.2) is 42.5 Å². The molecule has 1 aliphatic rings. The first kappa shape index (κ1) is 16.5. The van der Waals surface area contributed by atoms with Crippen LogP contribution in [0.25, 0.3) is 10.8 Å². The molecule has 0 aromatic heterocycles. The van der Waals surface area contributed by atoms with E-state index in [-0.39, 0.29) is 18.6 Å². The number of amides is 1. The van der Waals surface area contributed by atoms with Crippen LogP contribution in [-0.2, 0) is 19.1 Å². The molecule has 126 valence electrons. The Morgan fingerprint density at radius 2 is 2.04 bits per heavy atom. The molecule has 2 aromatic rings. The highest BCUT2D eigenvalue weighted by atomic mass is 16.6. The van der Waals surface area contributed by atoms with E-state index in [0.717, 1.165) is 22.8 Å². The lowest BCUT2D eigenvalue weighted by molar-refractivity contribution is -0.157. The van der Waals surface area contributed by atoms with Gasteiger partial charge >= 0.3 is 5.97 Å². The number of fused-ring (bicyclic) bond motifs is 1. The van der Waals surface area contributed by atoms with Gasteiger partial charge in [-0.2, -0.15) is 0 Å². The van der Waals surface area contributed by atoms with Gasteiger partial charge in [0, 0.05) is 6.61 Å². The molecule has 0 saturated carbocycles. The van der Waals surface area contributed by atoms with E-state index in [1.807, 2.05) is 49.4 Å². The van der Waals surface area contributed by atoms with Crippen molar-refractivity contribution in [2.75, 3.05) is 13.2 Å². The Labute approximate surface area is 140 Å². The molecule has 2 atom stereocenters. The molecule has 0 radical (unpaired) electrons. The van der Waals surface area contributed by atoms with Crippen LogP contribution in [0.1, 0.15) is 31.4 Å². The van der Waals surface area contributed by atoms with Crippen LogP contribution in [0.2, 0.25) is 0 Å². The topological polar surface area (TPSA) is 64.6 Å². The molecule has 5 heteroatoms. The average Bonchev–Trinajstić information content (AvgIpc) is 3.14. The fraction of sp³-hybridized carbons (Fsp3) is 0.368. The highest BCUT2D eigenvalue weighted by Gasteiger charge is 2.25. The second kappa shape index (κ2) is 7.45. The van der Waals surface area contributed by atoms with Crippen molar-refractivity contribution in [3.05, 3.63) is 48.0 Å². The maximum absolute atomic E-state index is 12.1. The summed E-state index contributed by atoms with van der Waals surface area (Å²) in [7, 11) is 0. The third-order valence-electron chi connectivity index (χ3n) is 4.21. The highest BCUT2D eigenvalue weighted by molar-refractivity contribution is 5.87. The first-order valence-corrected chi connectivity index (χ1v) is 8.20. The Hall–Kier alpha value is -2.40. The van der Waals surface area contributed by atoms with Crippen LogP contribution in [-0.4, -0.2) is 31.2 Å². The quantitative estimate of drug-likeness (QED) is 0.858. The van der Waals surface area contributed by atoms with Crippen LogP contribution in [0.5, 0.6) is 0 Å².